The van der Waals surface area contributed by atoms with Gasteiger partial charge in [0.15, 0.2) is 0 Å². The third kappa shape index (κ3) is 3.16. The van der Waals surface area contributed by atoms with Crippen LogP contribution in [0.3, 0.4) is 0 Å². The molecule has 18 heavy (non-hydrogen) atoms. The number of hydrogen-bond donors (Lipinski definition) is 1. The highest BCUT2D eigenvalue weighted by molar-refractivity contribution is 5.35. The molecule has 0 saturated carbocycles. The highest BCUT2D eigenvalue weighted by Crippen LogP contribution is 2.21. The molecule has 2 aromatic rings. The molecule has 2 rings (SSSR count). The zero-order valence-electron chi connectivity index (χ0n) is 10.1. The normalized spacial score (nSPS) is 10.3. The van der Waals surface area contributed by atoms with E-state index in [1.54, 1.807) is 12.1 Å². The number of anilines is 1. The van der Waals surface area contributed by atoms with Gasteiger partial charge in [-0.25, -0.2) is 9.37 Å². The summed E-state index contributed by atoms with van der Waals surface area (Å²) in [6, 6.07) is 7.38. The van der Waals surface area contributed by atoms with Crippen LogP contribution in [0, 0.1) is 5.82 Å². The van der Waals surface area contributed by atoms with E-state index < -0.39 is 0 Å². The van der Waals surface area contributed by atoms with Gasteiger partial charge in [0, 0.05) is 18.6 Å². The molecule has 0 unspecified atom stereocenters. The maximum atomic E-state index is 13.0. The number of aryl methyl sites for hydroxylation is 1. The monoisotopic (exact) mass is 247 g/mol. The van der Waals surface area contributed by atoms with E-state index in [1.165, 1.54) is 18.2 Å². The fourth-order valence-corrected chi connectivity index (χ4v) is 1.53. The summed E-state index contributed by atoms with van der Waals surface area (Å²) in [6.45, 7) is 2.03. The molecule has 0 bridgehead atoms. The van der Waals surface area contributed by atoms with Crippen LogP contribution in [0.4, 0.5) is 10.2 Å². The minimum absolute atomic E-state index is 0.330. The highest BCUT2D eigenvalue weighted by Gasteiger charge is 2.05. The lowest BCUT2D eigenvalue weighted by atomic mass is 10.3. The number of hydrogen-bond acceptors (Lipinski definition) is 4. The van der Waals surface area contributed by atoms with Gasteiger partial charge in [-0.2, -0.15) is 4.98 Å². The number of halogens is 1. The quantitative estimate of drug-likeness (QED) is 0.902. The SMILES string of the molecule is CCCc1nc(N)cc(Oc2cccc(F)c2)n1. The molecule has 0 atom stereocenters. The van der Waals surface area contributed by atoms with Crippen LogP contribution in [0.15, 0.2) is 30.3 Å². The molecule has 1 heterocycles. The largest absolute Gasteiger partial charge is 0.439 e. The second-order valence-corrected chi connectivity index (χ2v) is 3.86. The van der Waals surface area contributed by atoms with Crippen LogP contribution < -0.4 is 10.5 Å². The Kier molecular flexibility index (Phi) is 3.72. The van der Waals surface area contributed by atoms with Gasteiger partial charge >= 0.3 is 0 Å². The first-order chi connectivity index (χ1) is 8.67. The topological polar surface area (TPSA) is 61.0 Å². The lowest BCUT2D eigenvalue weighted by Gasteiger charge is -2.07. The van der Waals surface area contributed by atoms with Crippen molar-refractivity contribution >= 4 is 5.82 Å². The van der Waals surface area contributed by atoms with Gasteiger partial charge in [0.2, 0.25) is 5.88 Å². The van der Waals surface area contributed by atoms with E-state index in [1.807, 2.05) is 6.92 Å². The van der Waals surface area contributed by atoms with Crippen LogP contribution in [-0.2, 0) is 6.42 Å². The van der Waals surface area contributed by atoms with Gasteiger partial charge in [-0.15, -0.1) is 0 Å². The van der Waals surface area contributed by atoms with Crippen molar-refractivity contribution in [2.24, 2.45) is 0 Å². The van der Waals surface area contributed by atoms with Gasteiger partial charge in [0.1, 0.15) is 23.2 Å². The maximum absolute atomic E-state index is 13.0. The Hall–Kier alpha value is -2.17. The Morgan fingerprint density at radius 2 is 2.11 bits per heavy atom. The van der Waals surface area contributed by atoms with E-state index in [-0.39, 0.29) is 5.82 Å². The fraction of sp³-hybridized carbons (Fsp3) is 0.231. The summed E-state index contributed by atoms with van der Waals surface area (Å²) in [6.07, 6.45) is 1.65. The summed E-state index contributed by atoms with van der Waals surface area (Å²) in [5.74, 6) is 1.33. The van der Waals surface area contributed by atoms with Crippen LogP contribution in [-0.4, -0.2) is 9.97 Å². The second-order valence-electron chi connectivity index (χ2n) is 3.86. The van der Waals surface area contributed by atoms with Crippen molar-refractivity contribution in [3.8, 4) is 11.6 Å². The molecule has 5 heteroatoms. The van der Waals surface area contributed by atoms with Gasteiger partial charge in [-0.05, 0) is 18.6 Å². The number of rotatable bonds is 4. The molecule has 4 nitrogen and oxygen atoms in total. The summed E-state index contributed by atoms with van der Waals surface area (Å²) >= 11 is 0. The number of nitrogens with zero attached hydrogens (tertiary/aromatic N) is 2. The second kappa shape index (κ2) is 5.44. The summed E-state index contributed by atoms with van der Waals surface area (Å²) < 4.78 is 18.5. The molecule has 0 saturated heterocycles. The van der Waals surface area contributed by atoms with E-state index in [0.717, 1.165) is 12.8 Å². The van der Waals surface area contributed by atoms with Crippen LogP contribution in [0.1, 0.15) is 19.2 Å². The molecule has 0 aliphatic carbocycles. The van der Waals surface area contributed by atoms with Crippen LogP contribution in [0.25, 0.3) is 0 Å². The summed E-state index contributed by atoms with van der Waals surface area (Å²) in [7, 11) is 0. The van der Waals surface area contributed by atoms with E-state index in [9.17, 15) is 4.39 Å². The van der Waals surface area contributed by atoms with Crippen molar-refractivity contribution in [2.45, 2.75) is 19.8 Å². The third-order valence-electron chi connectivity index (χ3n) is 2.26. The van der Waals surface area contributed by atoms with E-state index in [4.69, 9.17) is 10.5 Å². The van der Waals surface area contributed by atoms with Crippen molar-refractivity contribution in [1.29, 1.82) is 0 Å². The molecule has 0 aliphatic heterocycles. The molecule has 0 radical (unpaired) electrons. The third-order valence-corrected chi connectivity index (χ3v) is 2.26. The first kappa shape index (κ1) is 12.3. The number of nitrogens with two attached hydrogens (primary N) is 1. The van der Waals surface area contributed by atoms with E-state index >= 15 is 0 Å². The van der Waals surface area contributed by atoms with Crippen molar-refractivity contribution in [1.82, 2.24) is 9.97 Å². The highest BCUT2D eigenvalue weighted by atomic mass is 19.1. The predicted molar refractivity (Wildman–Crippen MR) is 66.9 cm³/mol. The van der Waals surface area contributed by atoms with E-state index in [2.05, 4.69) is 9.97 Å². The average molecular weight is 247 g/mol. The standard InChI is InChI=1S/C13H14FN3O/c1-2-4-12-16-11(15)8-13(17-12)18-10-6-3-5-9(14)7-10/h3,5-8H,2,4H2,1H3,(H2,15,16,17). The Labute approximate surface area is 105 Å². The number of aromatic nitrogens is 2. The predicted octanol–water partition coefficient (Wildman–Crippen LogP) is 2.94. The van der Waals surface area contributed by atoms with Crippen LogP contribution in [0.2, 0.25) is 0 Å². The lowest BCUT2D eigenvalue weighted by Crippen LogP contribution is -2.01. The molecule has 1 aromatic heterocycles. The average Bonchev–Trinajstić information content (AvgIpc) is 2.28. The Morgan fingerprint density at radius 1 is 1.28 bits per heavy atom. The molecular weight excluding hydrogens is 233 g/mol. The van der Waals surface area contributed by atoms with Gasteiger partial charge in [-0.3, -0.25) is 0 Å². The molecule has 2 N–H and O–H groups in total. The van der Waals surface area contributed by atoms with Crippen molar-refractivity contribution in [3.05, 3.63) is 42.0 Å². The molecule has 1 aromatic carbocycles. The Morgan fingerprint density at radius 3 is 2.83 bits per heavy atom. The maximum Gasteiger partial charge on any atom is 0.224 e. The van der Waals surface area contributed by atoms with Crippen molar-refractivity contribution < 1.29 is 9.13 Å². The number of benzene rings is 1. The van der Waals surface area contributed by atoms with Gasteiger partial charge in [0.25, 0.3) is 0 Å². The first-order valence-corrected chi connectivity index (χ1v) is 5.74. The molecule has 0 aliphatic rings. The molecule has 94 valence electrons. The first-order valence-electron chi connectivity index (χ1n) is 5.74. The van der Waals surface area contributed by atoms with Crippen LogP contribution >= 0.6 is 0 Å². The summed E-state index contributed by atoms with van der Waals surface area (Å²) in [5, 5.41) is 0. The van der Waals surface area contributed by atoms with Gasteiger partial charge in [-0.1, -0.05) is 13.0 Å². The van der Waals surface area contributed by atoms with E-state index in [0.29, 0.717) is 23.3 Å². The van der Waals surface area contributed by atoms with Crippen molar-refractivity contribution in [3.63, 3.8) is 0 Å². The fourth-order valence-electron chi connectivity index (χ4n) is 1.53. The number of nitrogen functional groups attached to an aromatic ring is 1. The smallest absolute Gasteiger partial charge is 0.224 e. The summed E-state index contributed by atoms with van der Waals surface area (Å²) in [4.78, 5) is 8.31. The minimum Gasteiger partial charge on any atom is -0.439 e. The summed E-state index contributed by atoms with van der Waals surface area (Å²) in [5.41, 5.74) is 5.67. The molecule has 0 spiro atoms. The lowest BCUT2D eigenvalue weighted by molar-refractivity contribution is 0.454. The van der Waals surface area contributed by atoms with Gasteiger partial charge in [0.05, 0.1) is 0 Å². The van der Waals surface area contributed by atoms with Crippen molar-refractivity contribution in [2.75, 3.05) is 5.73 Å². The van der Waals surface area contributed by atoms with Crippen LogP contribution in [0.5, 0.6) is 11.6 Å². The molecular formula is C13H14FN3O. The number of ether oxygens (including phenoxy) is 1. The zero-order valence-corrected chi connectivity index (χ0v) is 10.1. The molecule has 0 amide bonds. The molecule has 0 fully saturated rings. The Balaban J connectivity index is 2.23. The zero-order chi connectivity index (χ0) is 13.0. The Bertz CT molecular complexity index is 546. The minimum atomic E-state index is -0.358. The van der Waals surface area contributed by atoms with Gasteiger partial charge < -0.3 is 10.5 Å².